The lowest BCUT2D eigenvalue weighted by atomic mass is 9.97. The Bertz CT molecular complexity index is 1560. The largest absolute Gasteiger partial charge is 0.444 e. The number of ether oxygens (including phenoxy) is 1. The van der Waals surface area contributed by atoms with Gasteiger partial charge in [0.2, 0.25) is 5.95 Å². The van der Waals surface area contributed by atoms with Crippen molar-refractivity contribution < 1.29 is 9.53 Å². The maximum atomic E-state index is 13.6. The van der Waals surface area contributed by atoms with Crippen LogP contribution in [0.1, 0.15) is 45.0 Å². The van der Waals surface area contributed by atoms with E-state index in [1.54, 1.807) is 4.90 Å². The van der Waals surface area contributed by atoms with Gasteiger partial charge in [0.1, 0.15) is 5.60 Å². The summed E-state index contributed by atoms with van der Waals surface area (Å²) >= 11 is 0. The molecule has 4 heterocycles. The highest BCUT2D eigenvalue weighted by Crippen LogP contribution is 2.35. The number of hydrogen-bond donors (Lipinski definition) is 1. The number of aromatic nitrogens is 5. The van der Waals surface area contributed by atoms with Gasteiger partial charge in [0.05, 0.1) is 11.3 Å². The first-order chi connectivity index (χ1) is 18.5. The predicted octanol–water partition coefficient (Wildman–Crippen LogP) is 4.47. The van der Waals surface area contributed by atoms with Crippen molar-refractivity contribution in [2.24, 2.45) is 5.92 Å². The van der Waals surface area contributed by atoms with Crippen LogP contribution in [0.5, 0.6) is 0 Å². The normalized spacial score (nSPS) is 14.6. The first kappa shape index (κ1) is 26.4. The zero-order valence-corrected chi connectivity index (χ0v) is 23.1. The fourth-order valence-corrected chi connectivity index (χ4v) is 5.14. The van der Waals surface area contributed by atoms with Crippen molar-refractivity contribution in [3.63, 3.8) is 0 Å². The number of carbonyl (C=O) groups is 1. The van der Waals surface area contributed by atoms with E-state index in [1.165, 1.54) is 9.08 Å². The molecule has 10 nitrogen and oxygen atoms in total. The summed E-state index contributed by atoms with van der Waals surface area (Å²) in [5, 5.41) is 4.81. The zero-order valence-electron chi connectivity index (χ0n) is 23.1. The van der Waals surface area contributed by atoms with Crippen LogP contribution in [0.15, 0.2) is 47.3 Å². The minimum absolute atomic E-state index is 0.0890. The topological polar surface area (TPSA) is 121 Å². The highest BCUT2D eigenvalue weighted by atomic mass is 16.6. The molecule has 0 atom stereocenters. The van der Waals surface area contributed by atoms with Gasteiger partial charge in [0, 0.05) is 36.6 Å². The third-order valence-electron chi connectivity index (χ3n) is 6.87. The van der Waals surface area contributed by atoms with Gasteiger partial charge < -0.3 is 15.4 Å². The summed E-state index contributed by atoms with van der Waals surface area (Å²) < 4.78 is 8.39. The summed E-state index contributed by atoms with van der Waals surface area (Å²) in [6, 6.07) is 13.7. The van der Waals surface area contributed by atoms with Crippen molar-refractivity contribution in [1.29, 1.82) is 0 Å². The van der Waals surface area contributed by atoms with Gasteiger partial charge in [-0.3, -0.25) is 4.98 Å². The zero-order chi connectivity index (χ0) is 27.9. The Hall–Kier alpha value is -4.21. The van der Waals surface area contributed by atoms with Crippen molar-refractivity contribution in [3.05, 3.63) is 64.3 Å². The maximum Gasteiger partial charge on any atom is 0.410 e. The van der Waals surface area contributed by atoms with Crippen LogP contribution in [0, 0.1) is 19.8 Å². The van der Waals surface area contributed by atoms with Crippen molar-refractivity contribution in [3.8, 4) is 22.4 Å². The fraction of sp³-hybridized carbons (Fsp3) is 0.414. The standard InChI is InChI=1S/C29H35N7O3/c1-18-15-22(16-19(2)31-18)23-24(21-9-7-6-8-10-21)32-26(30)36-25(23)33-35(27(36)37)17-20-11-13-34(14-12-20)28(38)39-29(3,4)5/h6-10,15-16,20H,11-14,17H2,1-5H3,(H2,30,32). The molecule has 5 rings (SSSR count). The molecule has 1 fully saturated rings. The van der Waals surface area contributed by atoms with Crippen molar-refractivity contribution in [1.82, 2.24) is 29.0 Å². The summed E-state index contributed by atoms with van der Waals surface area (Å²) in [6.07, 6.45) is 1.20. The fourth-order valence-electron chi connectivity index (χ4n) is 5.14. The molecule has 1 aliphatic rings. The second-order valence-corrected chi connectivity index (χ2v) is 11.2. The predicted molar refractivity (Wildman–Crippen MR) is 150 cm³/mol. The van der Waals surface area contributed by atoms with Gasteiger partial charge >= 0.3 is 11.8 Å². The molecule has 1 aromatic carbocycles. The number of nitrogens with two attached hydrogens (primary N) is 1. The molecule has 1 amide bonds. The second-order valence-electron chi connectivity index (χ2n) is 11.2. The molecule has 0 spiro atoms. The maximum absolute atomic E-state index is 13.6. The number of rotatable bonds is 4. The number of anilines is 1. The number of piperidine rings is 1. The average molecular weight is 530 g/mol. The van der Waals surface area contributed by atoms with Gasteiger partial charge in [-0.2, -0.15) is 0 Å². The van der Waals surface area contributed by atoms with E-state index in [0.717, 1.165) is 40.9 Å². The van der Waals surface area contributed by atoms with E-state index in [0.29, 0.717) is 31.0 Å². The van der Waals surface area contributed by atoms with Crippen LogP contribution in [-0.4, -0.2) is 53.8 Å². The Morgan fingerprint density at radius 3 is 2.28 bits per heavy atom. The molecule has 2 N–H and O–H groups in total. The summed E-state index contributed by atoms with van der Waals surface area (Å²) in [4.78, 5) is 37.0. The van der Waals surface area contributed by atoms with Crippen molar-refractivity contribution in [2.45, 2.75) is 59.6 Å². The van der Waals surface area contributed by atoms with Gasteiger partial charge in [0.25, 0.3) is 0 Å². The molecular weight excluding hydrogens is 494 g/mol. The number of fused-ring (bicyclic) bond motifs is 1. The summed E-state index contributed by atoms with van der Waals surface area (Å²) in [5.41, 5.74) is 10.8. The summed E-state index contributed by atoms with van der Waals surface area (Å²) in [6.45, 7) is 11.0. The third-order valence-corrected chi connectivity index (χ3v) is 6.87. The van der Waals surface area contributed by atoms with Crippen LogP contribution in [0.4, 0.5) is 10.7 Å². The molecule has 0 bridgehead atoms. The van der Waals surface area contributed by atoms with E-state index in [2.05, 4.69) is 4.98 Å². The monoisotopic (exact) mass is 529 g/mol. The Morgan fingerprint density at radius 1 is 1.03 bits per heavy atom. The number of pyridine rings is 1. The average Bonchev–Trinajstić information content (AvgIpc) is 3.19. The van der Waals surface area contributed by atoms with Gasteiger partial charge in [-0.05, 0) is 71.1 Å². The van der Waals surface area contributed by atoms with Gasteiger partial charge in [-0.15, -0.1) is 5.10 Å². The van der Waals surface area contributed by atoms with Gasteiger partial charge in [0.15, 0.2) is 5.65 Å². The van der Waals surface area contributed by atoms with E-state index in [9.17, 15) is 9.59 Å². The van der Waals surface area contributed by atoms with Crippen LogP contribution in [0.2, 0.25) is 0 Å². The second kappa shape index (κ2) is 10.2. The number of aryl methyl sites for hydroxylation is 2. The molecule has 204 valence electrons. The number of benzene rings is 1. The molecule has 1 aliphatic heterocycles. The third kappa shape index (κ3) is 5.50. The van der Waals surface area contributed by atoms with Crippen LogP contribution < -0.4 is 11.4 Å². The number of hydrogen-bond acceptors (Lipinski definition) is 7. The van der Waals surface area contributed by atoms with Crippen LogP contribution in [0.3, 0.4) is 0 Å². The quantitative estimate of drug-likeness (QED) is 0.414. The lowest BCUT2D eigenvalue weighted by Crippen LogP contribution is -2.42. The van der Waals surface area contributed by atoms with Crippen molar-refractivity contribution in [2.75, 3.05) is 18.8 Å². The lowest BCUT2D eigenvalue weighted by Gasteiger charge is -2.33. The highest BCUT2D eigenvalue weighted by Gasteiger charge is 2.28. The van der Waals surface area contributed by atoms with E-state index in [1.807, 2.05) is 77.1 Å². The van der Waals surface area contributed by atoms with Crippen LogP contribution in [0.25, 0.3) is 28.0 Å². The first-order valence-electron chi connectivity index (χ1n) is 13.3. The first-order valence-corrected chi connectivity index (χ1v) is 13.3. The van der Waals surface area contributed by atoms with E-state index in [-0.39, 0.29) is 23.6 Å². The molecule has 10 heteroatoms. The van der Waals surface area contributed by atoms with Gasteiger partial charge in [-0.1, -0.05) is 30.3 Å². The smallest absolute Gasteiger partial charge is 0.410 e. The molecule has 3 aromatic heterocycles. The molecule has 4 aromatic rings. The molecule has 0 aliphatic carbocycles. The number of carbonyl (C=O) groups excluding carboxylic acids is 1. The Morgan fingerprint density at radius 2 is 1.67 bits per heavy atom. The molecule has 0 unspecified atom stereocenters. The molecule has 0 saturated carbocycles. The molecule has 39 heavy (non-hydrogen) atoms. The molecule has 0 radical (unpaired) electrons. The van der Waals surface area contributed by atoms with Gasteiger partial charge in [-0.25, -0.2) is 23.7 Å². The minimum atomic E-state index is -0.534. The number of nitrogen functional groups attached to an aromatic ring is 1. The highest BCUT2D eigenvalue weighted by molar-refractivity contribution is 5.90. The Kier molecular flexibility index (Phi) is 6.88. The van der Waals surface area contributed by atoms with Crippen LogP contribution >= 0.6 is 0 Å². The SMILES string of the molecule is Cc1cc(-c2c(-c3ccccc3)nc(N)n3c(=O)n(CC4CCN(C(=O)OC(C)(C)C)CC4)nc23)cc(C)n1. The summed E-state index contributed by atoms with van der Waals surface area (Å²) in [5.74, 6) is 0.272. The Balaban J connectivity index is 1.52. The number of amides is 1. The van der Waals surface area contributed by atoms with E-state index in [4.69, 9.17) is 20.6 Å². The van der Waals surface area contributed by atoms with Crippen molar-refractivity contribution >= 4 is 17.7 Å². The molecular formula is C29H35N7O3. The minimum Gasteiger partial charge on any atom is -0.444 e. The van der Waals surface area contributed by atoms with E-state index >= 15 is 0 Å². The summed E-state index contributed by atoms with van der Waals surface area (Å²) in [7, 11) is 0. The lowest BCUT2D eigenvalue weighted by molar-refractivity contribution is 0.0176. The number of nitrogens with zero attached hydrogens (tertiary/aromatic N) is 6. The molecule has 1 saturated heterocycles. The number of likely N-dealkylation sites (tertiary alicyclic amines) is 1. The Labute approximate surface area is 227 Å². The van der Waals surface area contributed by atoms with Crippen LogP contribution in [-0.2, 0) is 11.3 Å². The van der Waals surface area contributed by atoms with E-state index < -0.39 is 5.60 Å².